The maximum Gasteiger partial charge on any atom is 0.491 e. The number of sulfone groups is 1. The number of benzene rings is 2. The Kier molecular flexibility index (Phi) is 3.90. The largest absolute Gasteiger partial charge is 0.491 e. The lowest BCUT2D eigenvalue weighted by atomic mass is 9.79. The van der Waals surface area contributed by atoms with Gasteiger partial charge in [0.2, 0.25) is 0 Å². The van der Waals surface area contributed by atoms with Crippen LogP contribution >= 0.6 is 11.6 Å². The first kappa shape index (κ1) is 15.4. The fourth-order valence-electron chi connectivity index (χ4n) is 2.42. The van der Waals surface area contributed by atoms with Crippen molar-refractivity contribution in [1.82, 2.24) is 0 Å². The molecule has 0 aliphatic carbocycles. The number of hydrogen-bond donors (Lipinski definition) is 2. The van der Waals surface area contributed by atoms with Crippen LogP contribution in [0.25, 0.3) is 0 Å². The third-order valence-corrected chi connectivity index (χ3v) is 5.68. The van der Waals surface area contributed by atoms with Gasteiger partial charge in [0.15, 0.2) is 9.84 Å². The van der Waals surface area contributed by atoms with Crippen LogP contribution in [0, 0.1) is 0 Å². The maximum absolute atomic E-state index is 12.5. The van der Waals surface area contributed by atoms with Gasteiger partial charge in [0.1, 0.15) is 0 Å². The summed E-state index contributed by atoms with van der Waals surface area (Å²) >= 11 is 5.98. The number of halogens is 1. The summed E-state index contributed by atoms with van der Waals surface area (Å²) in [7, 11) is -4.61. The number of hydrogen-bond acceptors (Lipinski definition) is 5. The number of fused-ring (bicyclic) bond motifs is 1. The van der Waals surface area contributed by atoms with Crippen molar-refractivity contribution in [3.8, 4) is 0 Å². The number of anilines is 1. The molecule has 0 aromatic heterocycles. The smallest absolute Gasteiger partial charge is 0.423 e. The van der Waals surface area contributed by atoms with Crippen molar-refractivity contribution < 1.29 is 18.1 Å². The highest BCUT2D eigenvalue weighted by Crippen LogP contribution is 2.27. The molecule has 0 amide bonds. The van der Waals surface area contributed by atoms with Crippen molar-refractivity contribution in [2.24, 2.45) is 0 Å². The van der Waals surface area contributed by atoms with Gasteiger partial charge in [-0.2, -0.15) is 0 Å². The lowest BCUT2D eigenvalue weighted by Gasteiger charge is -2.09. The molecule has 0 bridgehead atoms. The van der Waals surface area contributed by atoms with Gasteiger partial charge in [0.25, 0.3) is 0 Å². The van der Waals surface area contributed by atoms with Gasteiger partial charge in [0.05, 0.1) is 22.3 Å². The van der Waals surface area contributed by atoms with Gasteiger partial charge in [-0.15, -0.1) is 0 Å². The first-order chi connectivity index (χ1) is 10.4. The van der Waals surface area contributed by atoms with E-state index in [9.17, 15) is 13.4 Å². The third kappa shape index (κ3) is 2.85. The van der Waals surface area contributed by atoms with Gasteiger partial charge >= 0.3 is 7.12 Å². The van der Waals surface area contributed by atoms with Crippen molar-refractivity contribution in [3.63, 3.8) is 0 Å². The molecule has 0 fully saturated rings. The Labute approximate surface area is 133 Å². The molecule has 0 unspecified atom stereocenters. The summed E-state index contributed by atoms with van der Waals surface area (Å²) in [6, 6.07) is 9.44. The molecule has 5 nitrogen and oxygen atoms in total. The van der Waals surface area contributed by atoms with Crippen LogP contribution in [0.2, 0.25) is 5.02 Å². The standard InChI is InChI=1S/C14H13BClNO4S/c16-13-6-11(17)3-4-14(13)22(19,20)8-9-1-2-10-7-21-15(18)12(10)5-9/h1-6,18H,7-8,17H2. The van der Waals surface area contributed by atoms with Crippen LogP contribution in [0.4, 0.5) is 5.69 Å². The minimum Gasteiger partial charge on any atom is -0.423 e. The molecular formula is C14H13BClNO4S. The topological polar surface area (TPSA) is 89.6 Å². The van der Waals surface area contributed by atoms with E-state index in [1.165, 1.54) is 18.2 Å². The van der Waals surface area contributed by atoms with E-state index in [1.807, 2.05) is 0 Å². The van der Waals surface area contributed by atoms with Gasteiger partial charge < -0.3 is 15.4 Å². The van der Waals surface area contributed by atoms with E-state index in [-0.39, 0.29) is 15.7 Å². The molecule has 3 N–H and O–H groups in total. The van der Waals surface area contributed by atoms with Crippen LogP contribution in [-0.2, 0) is 26.9 Å². The highest BCUT2D eigenvalue weighted by atomic mass is 35.5. The predicted octanol–water partition coefficient (Wildman–Crippen LogP) is 1.11. The maximum atomic E-state index is 12.5. The monoisotopic (exact) mass is 337 g/mol. The summed E-state index contributed by atoms with van der Waals surface area (Å²) in [5.74, 6) is -0.212. The van der Waals surface area contributed by atoms with E-state index in [0.29, 0.717) is 23.3 Å². The second-order valence-electron chi connectivity index (χ2n) is 5.15. The molecule has 0 saturated carbocycles. The molecule has 1 aliphatic rings. The Morgan fingerprint density at radius 1 is 1.27 bits per heavy atom. The van der Waals surface area contributed by atoms with Crippen molar-refractivity contribution in [2.75, 3.05) is 5.73 Å². The molecule has 0 saturated heterocycles. The van der Waals surface area contributed by atoms with E-state index in [4.69, 9.17) is 22.0 Å². The lowest BCUT2D eigenvalue weighted by molar-refractivity contribution is 0.275. The minimum absolute atomic E-state index is 0.0423. The summed E-state index contributed by atoms with van der Waals surface area (Å²) in [6.45, 7) is 0.327. The van der Waals surface area contributed by atoms with Crippen molar-refractivity contribution >= 4 is 39.7 Å². The first-order valence-electron chi connectivity index (χ1n) is 6.56. The number of rotatable bonds is 3. The molecule has 8 heteroatoms. The molecule has 0 spiro atoms. The fourth-order valence-corrected chi connectivity index (χ4v) is 4.37. The van der Waals surface area contributed by atoms with Crippen LogP contribution in [0.1, 0.15) is 11.1 Å². The zero-order valence-corrected chi connectivity index (χ0v) is 13.1. The summed E-state index contributed by atoms with van der Waals surface area (Å²) in [5, 5.41) is 9.79. The van der Waals surface area contributed by atoms with E-state index in [1.54, 1.807) is 18.2 Å². The quantitative estimate of drug-likeness (QED) is 0.647. The highest BCUT2D eigenvalue weighted by Gasteiger charge is 2.28. The van der Waals surface area contributed by atoms with Gasteiger partial charge in [-0.25, -0.2) is 8.42 Å². The van der Waals surface area contributed by atoms with Crippen LogP contribution in [-0.4, -0.2) is 20.6 Å². The van der Waals surface area contributed by atoms with Gasteiger partial charge in [-0.05, 0) is 34.8 Å². The average molecular weight is 338 g/mol. The fraction of sp³-hybridized carbons (Fsp3) is 0.143. The molecule has 0 atom stereocenters. The first-order valence-corrected chi connectivity index (χ1v) is 8.59. The number of nitrogen functional groups attached to an aromatic ring is 1. The third-order valence-electron chi connectivity index (χ3n) is 3.52. The van der Waals surface area contributed by atoms with E-state index < -0.39 is 17.0 Å². The second kappa shape index (κ2) is 5.59. The van der Waals surface area contributed by atoms with E-state index >= 15 is 0 Å². The molecule has 1 heterocycles. The van der Waals surface area contributed by atoms with Crippen molar-refractivity contribution in [2.45, 2.75) is 17.3 Å². The molecule has 2 aromatic rings. The van der Waals surface area contributed by atoms with E-state index in [2.05, 4.69) is 0 Å². The predicted molar refractivity (Wildman–Crippen MR) is 85.6 cm³/mol. The lowest BCUT2D eigenvalue weighted by Crippen LogP contribution is -2.28. The van der Waals surface area contributed by atoms with Crippen LogP contribution < -0.4 is 11.2 Å². The Bertz CT molecular complexity index is 841. The van der Waals surface area contributed by atoms with Gasteiger partial charge in [0, 0.05) is 5.69 Å². The molecule has 22 heavy (non-hydrogen) atoms. The van der Waals surface area contributed by atoms with Crippen LogP contribution in [0.3, 0.4) is 0 Å². The van der Waals surface area contributed by atoms with Crippen LogP contribution in [0.5, 0.6) is 0 Å². The molecular weight excluding hydrogens is 324 g/mol. The summed E-state index contributed by atoms with van der Waals surface area (Å²) in [6.07, 6.45) is 0. The number of nitrogens with two attached hydrogens (primary N) is 1. The van der Waals surface area contributed by atoms with Gasteiger partial charge in [-0.3, -0.25) is 0 Å². The Hall–Kier alpha value is -1.54. The van der Waals surface area contributed by atoms with Crippen molar-refractivity contribution in [3.05, 3.63) is 52.5 Å². The summed E-state index contributed by atoms with van der Waals surface area (Å²) < 4.78 is 30.1. The summed E-state index contributed by atoms with van der Waals surface area (Å²) in [5.41, 5.74) is 8.02. The second-order valence-corrected chi connectivity index (χ2v) is 7.51. The SMILES string of the molecule is Nc1ccc(S(=O)(=O)Cc2ccc3c(c2)B(O)OC3)c(Cl)c1. The van der Waals surface area contributed by atoms with Crippen LogP contribution in [0.15, 0.2) is 41.3 Å². The molecule has 1 aliphatic heterocycles. The zero-order valence-electron chi connectivity index (χ0n) is 11.5. The van der Waals surface area contributed by atoms with E-state index in [0.717, 1.165) is 5.56 Å². The molecule has 114 valence electrons. The highest BCUT2D eigenvalue weighted by molar-refractivity contribution is 7.90. The normalized spacial score (nSPS) is 14.2. The molecule has 3 rings (SSSR count). The summed E-state index contributed by atoms with van der Waals surface area (Å²) in [4.78, 5) is 0.0423. The average Bonchev–Trinajstić information content (AvgIpc) is 2.79. The molecule has 2 aromatic carbocycles. The van der Waals surface area contributed by atoms with Crippen molar-refractivity contribution in [1.29, 1.82) is 0 Å². The zero-order chi connectivity index (χ0) is 15.9. The minimum atomic E-state index is -3.61. The molecule has 0 radical (unpaired) electrons. The Morgan fingerprint density at radius 2 is 2.05 bits per heavy atom. The Morgan fingerprint density at radius 3 is 2.77 bits per heavy atom. The Balaban J connectivity index is 1.93. The van der Waals surface area contributed by atoms with Gasteiger partial charge in [-0.1, -0.05) is 29.8 Å².